The molecule has 2 N–H and O–H groups in total. The highest BCUT2D eigenvalue weighted by Crippen LogP contribution is 2.50. The molecule has 0 aromatic heterocycles. The van der Waals surface area contributed by atoms with E-state index >= 15 is 0 Å². The lowest BCUT2D eigenvalue weighted by atomic mass is 9.91. The van der Waals surface area contributed by atoms with E-state index in [9.17, 15) is 36.2 Å². The molecule has 11 heteroatoms. The molecule has 2 aromatic rings. The second-order valence-corrected chi connectivity index (χ2v) is 6.57. The first-order valence-corrected chi connectivity index (χ1v) is 8.83. The average Bonchev–Trinajstić information content (AvgIpc) is 2.66. The van der Waals surface area contributed by atoms with Gasteiger partial charge in [0.2, 0.25) is 0 Å². The maximum atomic E-state index is 13.0. The number of aliphatic hydroxyl groups is 1. The second kappa shape index (κ2) is 9.04. The highest BCUT2D eigenvalue weighted by Gasteiger charge is 2.71. The van der Waals surface area contributed by atoms with Crippen molar-refractivity contribution in [3.05, 3.63) is 59.2 Å². The van der Waals surface area contributed by atoms with Crippen LogP contribution in [-0.4, -0.2) is 41.7 Å². The third-order valence-electron chi connectivity index (χ3n) is 4.33. The summed E-state index contributed by atoms with van der Waals surface area (Å²) in [7, 11) is 0. The first-order valence-electron chi connectivity index (χ1n) is 8.83. The number of hydrogen-bond acceptors (Lipinski definition) is 4. The zero-order valence-electron chi connectivity index (χ0n) is 16.0. The molecule has 0 heterocycles. The van der Waals surface area contributed by atoms with Crippen LogP contribution >= 0.6 is 0 Å². The van der Waals surface area contributed by atoms with Crippen LogP contribution in [0.1, 0.15) is 27.9 Å². The number of aromatic carboxylic acids is 1. The van der Waals surface area contributed by atoms with Gasteiger partial charge in [0.05, 0.1) is 18.8 Å². The van der Waals surface area contributed by atoms with Gasteiger partial charge in [0.1, 0.15) is 11.5 Å². The van der Waals surface area contributed by atoms with Gasteiger partial charge in [0.25, 0.3) is 5.60 Å². The summed E-state index contributed by atoms with van der Waals surface area (Å²) in [6, 6.07) is 7.69. The predicted octanol–water partition coefficient (Wildman–Crippen LogP) is 4.85. The van der Waals surface area contributed by atoms with E-state index in [0.717, 1.165) is 6.07 Å². The summed E-state index contributed by atoms with van der Waals surface area (Å²) in [6.45, 7) is 1.48. The van der Waals surface area contributed by atoms with Crippen molar-refractivity contribution in [3.63, 3.8) is 0 Å². The summed E-state index contributed by atoms with van der Waals surface area (Å²) in [6.07, 6.45) is -11.6. The number of benzene rings is 2. The van der Waals surface area contributed by atoms with Gasteiger partial charge in [0, 0.05) is 12.0 Å². The fourth-order valence-corrected chi connectivity index (χ4v) is 2.65. The Bertz CT molecular complexity index is 892. The molecular formula is C20H18F6O5. The first-order chi connectivity index (χ1) is 14.3. The van der Waals surface area contributed by atoms with Gasteiger partial charge in [-0.25, -0.2) is 4.79 Å². The Morgan fingerprint density at radius 1 is 0.903 bits per heavy atom. The molecule has 0 radical (unpaired) electrons. The van der Waals surface area contributed by atoms with Crippen LogP contribution < -0.4 is 9.47 Å². The molecule has 0 amide bonds. The van der Waals surface area contributed by atoms with E-state index in [1.807, 2.05) is 0 Å². The van der Waals surface area contributed by atoms with E-state index in [1.165, 1.54) is 31.2 Å². The molecule has 0 atom stereocenters. The summed E-state index contributed by atoms with van der Waals surface area (Å²) in [4.78, 5) is 10.8. The monoisotopic (exact) mass is 452 g/mol. The number of alkyl halides is 6. The Kier molecular flexibility index (Phi) is 7.10. The number of carboxylic acid groups (broad SMARTS) is 1. The van der Waals surface area contributed by atoms with Gasteiger partial charge < -0.3 is 19.7 Å². The van der Waals surface area contributed by atoms with Crippen molar-refractivity contribution in [2.75, 3.05) is 13.2 Å². The third-order valence-corrected chi connectivity index (χ3v) is 4.33. The third kappa shape index (κ3) is 5.40. The average molecular weight is 452 g/mol. The van der Waals surface area contributed by atoms with Crippen LogP contribution in [0.3, 0.4) is 0 Å². The molecule has 31 heavy (non-hydrogen) atoms. The molecule has 2 aromatic carbocycles. The standard InChI is InChI=1S/C20H18F6O5/c1-12-11-14(18(29,19(21,22)23)20(24,25)26)5-8-16(12)31-10-2-9-30-15-6-3-13(4-7-15)17(27)28/h3-8,11,29H,2,9-10H2,1H3,(H,27,28). The van der Waals surface area contributed by atoms with Crippen LogP contribution in [0.4, 0.5) is 26.3 Å². The minimum absolute atomic E-state index is 0.0189. The molecular weight excluding hydrogens is 434 g/mol. The van der Waals surface area contributed by atoms with Gasteiger partial charge in [-0.05, 0) is 48.9 Å². The van der Waals surface area contributed by atoms with Crippen LogP contribution in [0.2, 0.25) is 0 Å². The summed E-state index contributed by atoms with van der Waals surface area (Å²) in [5.74, 6) is -0.601. The number of aryl methyl sites for hydroxylation is 1. The lowest BCUT2D eigenvalue weighted by Gasteiger charge is -2.33. The molecule has 0 aliphatic heterocycles. The van der Waals surface area contributed by atoms with E-state index < -0.39 is 29.5 Å². The summed E-state index contributed by atoms with van der Waals surface area (Å²) >= 11 is 0. The number of carboxylic acids is 1. The van der Waals surface area contributed by atoms with Gasteiger partial charge >= 0.3 is 18.3 Å². The first kappa shape index (κ1) is 24.3. The summed E-state index contributed by atoms with van der Waals surface area (Å²) < 4.78 is 88.5. The fourth-order valence-electron chi connectivity index (χ4n) is 2.65. The molecule has 5 nitrogen and oxygen atoms in total. The Labute approximate surface area is 172 Å². The largest absolute Gasteiger partial charge is 0.493 e. The molecule has 0 spiro atoms. The zero-order valence-corrected chi connectivity index (χ0v) is 16.0. The lowest BCUT2D eigenvalue weighted by Crippen LogP contribution is -2.53. The van der Waals surface area contributed by atoms with Crippen LogP contribution in [0, 0.1) is 6.92 Å². The van der Waals surface area contributed by atoms with Crippen LogP contribution in [0.5, 0.6) is 11.5 Å². The summed E-state index contributed by atoms with van der Waals surface area (Å²) in [5, 5.41) is 18.2. The van der Waals surface area contributed by atoms with Gasteiger partial charge in [0.15, 0.2) is 0 Å². The maximum absolute atomic E-state index is 13.0. The Morgan fingerprint density at radius 3 is 1.94 bits per heavy atom. The Morgan fingerprint density at radius 2 is 1.45 bits per heavy atom. The van der Waals surface area contributed by atoms with Crippen molar-refractivity contribution < 1.29 is 50.8 Å². The zero-order chi connectivity index (χ0) is 23.4. The van der Waals surface area contributed by atoms with E-state index in [1.54, 1.807) is 0 Å². The lowest BCUT2D eigenvalue weighted by molar-refractivity contribution is -0.376. The predicted molar refractivity (Wildman–Crippen MR) is 96.2 cm³/mol. The van der Waals surface area contributed by atoms with E-state index in [2.05, 4.69) is 0 Å². The highest BCUT2D eigenvalue weighted by atomic mass is 19.4. The minimum Gasteiger partial charge on any atom is -0.493 e. The van der Waals surface area contributed by atoms with Crippen molar-refractivity contribution in [1.82, 2.24) is 0 Å². The SMILES string of the molecule is Cc1cc(C(O)(C(F)(F)F)C(F)(F)F)ccc1OCCCOc1ccc(C(=O)O)cc1. The highest BCUT2D eigenvalue weighted by molar-refractivity contribution is 5.87. The van der Waals surface area contributed by atoms with Crippen LogP contribution in [0.15, 0.2) is 42.5 Å². The van der Waals surface area contributed by atoms with Gasteiger partial charge in [-0.1, -0.05) is 6.07 Å². The van der Waals surface area contributed by atoms with Crippen molar-refractivity contribution in [2.24, 2.45) is 0 Å². The molecule has 0 saturated carbocycles. The van der Waals surface area contributed by atoms with Gasteiger partial charge in [-0.15, -0.1) is 0 Å². The number of carbonyl (C=O) groups is 1. The Balaban J connectivity index is 1.96. The quantitative estimate of drug-likeness (QED) is 0.442. The van der Waals surface area contributed by atoms with E-state index in [4.69, 9.17) is 14.6 Å². The molecule has 0 unspecified atom stereocenters. The maximum Gasteiger partial charge on any atom is 0.430 e. The van der Waals surface area contributed by atoms with Gasteiger partial charge in [-0.3, -0.25) is 0 Å². The van der Waals surface area contributed by atoms with Gasteiger partial charge in [-0.2, -0.15) is 26.3 Å². The van der Waals surface area contributed by atoms with E-state index in [-0.39, 0.29) is 30.1 Å². The van der Waals surface area contributed by atoms with Crippen LogP contribution in [0.25, 0.3) is 0 Å². The second-order valence-electron chi connectivity index (χ2n) is 6.57. The molecule has 0 aliphatic carbocycles. The minimum atomic E-state index is -5.96. The Hall–Kier alpha value is -2.95. The summed E-state index contributed by atoms with van der Waals surface area (Å²) in [5.41, 5.74) is -6.27. The number of hydrogen-bond donors (Lipinski definition) is 2. The normalized spacial score (nSPS) is 12.5. The van der Waals surface area contributed by atoms with Crippen molar-refractivity contribution >= 4 is 5.97 Å². The molecule has 2 rings (SSSR count). The van der Waals surface area contributed by atoms with Crippen LogP contribution in [-0.2, 0) is 5.60 Å². The molecule has 170 valence electrons. The molecule has 0 saturated heterocycles. The number of rotatable bonds is 8. The fraction of sp³-hybridized carbons (Fsp3) is 0.350. The van der Waals surface area contributed by atoms with Crippen molar-refractivity contribution in [2.45, 2.75) is 31.3 Å². The number of halogens is 6. The molecule has 0 bridgehead atoms. The smallest absolute Gasteiger partial charge is 0.430 e. The topological polar surface area (TPSA) is 76.0 Å². The van der Waals surface area contributed by atoms with E-state index in [0.29, 0.717) is 24.3 Å². The molecule has 0 aliphatic rings. The van der Waals surface area contributed by atoms with Crippen molar-refractivity contribution in [3.8, 4) is 11.5 Å². The molecule has 0 fully saturated rings. The van der Waals surface area contributed by atoms with Crippen molar-refractivity contribution in [1.29, 1.82) is 0 Å². The number of ether oxygens (including phenoxy) is 2.